The van der Waals surface area contributed by atoms with Gasteiger partial charge in [-0.25, -0.2) is 0 Å². The van der Waals surface area contributed by atoms with E-state index in [9.17, 15) is 4.79 Å². The molecule has 13 heavy (non-hydrogen) atoms. The summed E-state index contributed by atoms with van der Waals surface area (Å²) in [6, 6.07) is 0. The van der Waals surface area contributed by atoms with Crippen LogP contribution < -0.4 is 5.32 Å². The van der Waals surface area contributed by atoms with Crippen molar-refractivity contribution < 1.29 is 4.79 Å². The summed E-state index contributed by atoms with van der Waals surface area (Å²) in [5.74, 6) is 0.982. The van der Waals surface area contributed by atoms with Crippen molar-refractivity contribution in [2.24, 2.45) is 5.92 Å². The van der Waals surface area contributed by atoms with Gasteiger partial charge in [0.1, 0.15) is 0 Å². The first-order valence-electron chi connectivity index (χ1n) is 5.24. The molecule has 0 saturated heterocycles. The highest BCUT2D eigenvalue weighted by Crippen LogP contribution is 2.20. The van der Waals surface area contributed by atoms with Gasteiger partial charge in [0.25, 0.3) is 0 Å². The van der Waals surface area contributed by atoms with Gasteiger partial charge in [-0.2, -0.15) is 0 Å². The molecule has 1 N–H and O–H groups in total. The molecular weight excluding hydrogens is 162 g/mol. The molecule has 0 aliphatic heterocycles. The van der Waals surface area contributed by atoms with Crippen molar-refractivity contribution in [1.82, 2.24) is 5.32 Å². The molecule has 0 saturated carbocycles. The third-order valence-electron chi connectivity index (χ3n) is 2.46. The van der Waals surface area contributed by atoms with Crippen LogP contribution in [0.5, 0.6) is 0 Å². The first-order chi connectivity index (χ1) is 6.33. The summed E-state index contributed by atoms with van der Waals surface area (Å²) < 4.78 is 0. The smallest absolute Gasteiger partial charge is 0.219 e. The molecule has 1 aliphatic carbocycles. The van der Waals surface area contributed by atoms with Crippen LogP contribution in [0.15, 0.2) is 12.2 Å². The molecule has 0 unspecified atom stereocenters. The van der Waals surface area contributed by atoms with E-state index >= 15 is 0 Å². The van der Waals surface area contributed by atoms with Crippen molar-refractivity contribution in [3.05, 3.63) is 12.2 Å². The Morgan fingerprint density at radius 1 is 1.46 bits per heavy atom. The number of hydrogen-bond donors (Lipinski definition) is 1. The predicted octanol–water partition coefficient (Wildman–Crippen LogP) is 2.26. The quantitative estimate of drug-likeness (QED) is 0.648. The molecule has 0 heterocycles. The number of amides is 1. The number of hydrogen-bond acceptors (Lipinski definition) is 1. The van der Waals surface area contributed by atoms with Crippen molar-refractivity contribution in [3.63, 3.8) is 0 Å². The van der Waals surface area contributed by atoms with Gasteiger partial charge in [-0.05, 0) is 31.6 Å². The molecule has 74 valence electrons. The summed E-state index contributed by atoms with van der Waals surface area (Å²) >= 11 is 0. The lowest BCUT2D eigenvalue weighted by molar-refractivity contribution is -0.121. The van der Waals surface area contributed by atoms with Crippen molar-refractivity contribution in [1.29, 1.82) is 0 Å². The first kappa shape index (κ1) is 10.3. The number of carbonyl (C=O) groups excluding carboxylic acids is 1. The molecule has 0 atom stereocenters. The van der Waals surface area contributed by atoms with E-state index in [4.69, 9.17) is 0 Å². The average molecular weight is 181 g/mol. The Kier molecular flexibility index (Phi) is 4.58. The maximum absolute atomic E-state index is 11.1. The highest BCUT2D eigenvalue weighted by atomic mass is 16.1. The van der Waals surface area contributed by atoms with Gasteiger partial charge in [0.05, 0.1) is 0 Å². The van der Waals surface area contributed by atoms with E-state index in [1.165, 1.54) is 12.8 Å². The Labute approximate surface area is 80.4 Å². The SMILES string of the molecule is CCCC(=O)NCCC1CC=CC1. The second-order valence-electron chi connectivity index (χ2n) is 3.70. The molecule has 0 aromatic carbocycles. The van der Waals surface area contributed by atoms with Gasteiger partial charge in [-0.1, -0.05) is 19.1 Å². The number of carbonyl (C=O) groups is 1. The average Bonchev–Trinajstić information content (AvgIpc) is 2.57. The molecule has 0 spiro atoms. The summed E-state index contributed by atoms with van der Waals surface area (Å²) in [5, 5.41) is 2.94. The van der Waals surface area contributed by atoms with Gasteiger partial charge in [0.2, 0.25) is 5.91 Å². The lowest BCUT2D eigenvalue weighted by Gasteiger charge is -2.09. The van der Waals surface area contributed by atoms with E-state index in [2.05, 4.69) is 17.5 Å². The van der Waals surface area contributed by atoms with Crippen LogP contribution >= 0.6 is 0 Å². The highest BCUT2D eigenvalue weighted by molar-refractivity contribution is 5.75. The molecular formula is C11H19NO. The third-order valence-corrected chi connectivity index (χ3v) is 2.46. The topological polar surface area (TPSA) is 29.1 Å². The normalized spacial score (nSPS) is 16.4. The minimum absolute atomic E-state index is 0.202. The summed E-state index contributed by atoms with van der Waals surface area (Å²) in [7, 11) is 0. The molecule has 1 amide bonds. The summed E-state index contributed by atoms with van der Waals surface area (Å²) in [5.41, 5.74) is 0. The molecule has 0 radical (unpaired) electrons. The molecule has 2 heteroatoms. The summed E-state index contributed by atoms with van der Waals surface area (Å²) in [6.45, 7) is 2.88. The van der Waals surface area contributed by atoms with Gasteiger partial charge in [-0.3, -0.25) is 4.79 Å². The Bertz CT molecular complexity index is 179. The largest absolute Gasteiger partial charge is 0.356 e. The van der Waals surface area contributed by atoms with Crippen molar-refractivity contribution in [2.75, 3.05) is 6.54 Å². The number of rotatable bonds is 5. The highest BCUT2D eigenvalue weighted by Gasteiger charge is 2.09. The lowest BCUT2D eigenvalue weighted by Crippen LogP contribution is -2.25. The van der Waals surface area contributed by atoms with Crippen molar-refractivity contribution in [3.8, 4) is 0 Å². The minimum Gasteiger partial charge on any atom is -0.356 e. The Hall–Kier alpha value is -0.790. The Morgan fingerprint density at radius 2 is 2.15 bits per heavy atom. The maximum atomic E-state index is 11.1. The molecule has 1 aliphatic rings. The fraction of sp³-hybridized carbons (Fsp3) is 0.727. The van der Waals surface area contributed by atoms with E-state index in [1.807, 2.05) is 6.92 Å². The number of allylic oxidation sites excluding steroid dienone is 2. The van der Waals surface area contributed by atoms with Gasteiger partial charge in [0, 0.05) is 13.0 Å². The van der Waals surface area contributed by atoms with Crippen LogP contribution in [0.25, 0.3) is 0 Å². The number of nitrogens with one attached hydrogen (secondary N) is 1. The van der Waals surface area contributed by atoms with E-state index in [1.54, 1.807) is 0 Å². The zero-order valence-corrected chi connectivity index (χ0v) is 8.38. The Morgan fingerprint density at radius 3 is 2.77 bits per heavy atom. The van der Waals surface area contributed by atoms with E-state index in [0.29, 0.717) is 6.42 Å². The fourth-order valence-corrected chi connectivity index (χ4v) is 1.64. The van der Waals surface area contributed by atoms with Crippen LogP contribution in [-0.2, 0) is 4.79 Å². The summed E-state index contributed by atoms with van der Waals surface area (Å²) in [4.78, 5) is 11.1. The second-order valence-corrected chi connectivity index (χ2v) is 3.70. The zero-order valence-electron chi connectivity index (χ0n) is 8.38. The predicted molar refractivity (Wildman–Crippen MR) is 54.4 cm³/mol. The van der Waals surface area contributed by atoms with Crippen molar-refractivity contribution in [2.45, 2.75) is 39.0 Å². The monoisotopic (exact) mass is 181 g/mol. The maximum Gasteiger partial charge on any atom is 0.219 e. The second kappa shape index (κ2) is 5.79. The molecule has 2 nitrogen and oxygen atoms in total. The molecule has 1 rings (SSSR count). The van der Waals surface area contributed by atoms with E-state index < -0.39 is 0 Å². The van der Waals surface area contributed by atoms with Crippen LogP contribution in [0.1, 0.15) is 39.0 Å². The van der Waals surface area contributed by atoms with Crippen LogP contribution in [0, 0.1) is 5.92 Å². The van der Waals surface area contributed by atoms with Gasteiger partial charge < -0.3 is 5.32 Å². The van der Waals surface area contributed by atoms with Crippen LogP contribution in [-0.4, -0.2) is 12.5 Å². The van der Waals surface area contributed by atoms with Gasteiger partial charge in [-0.15, -0.1) is 0 Å². The van der Waals surface area contributed by atoms with Crippen LogP contribution in [0.4, 0.5) is 0 Å². The first-order valence-corrected chi connectivity index (χ1v) is 5.24. The van der Waals surface area contributed by atoms with E-state index in [0.717, 1.165) is 25.3 Å². The molecule has 0 aromatic heterocycles. The minimum atomic E-state index is 0.202. The van der Waals surface area contributed by atoms with Crippen LogP contribution in [0.3, 0.4) is 0 Å². The van der Waals surface area contributed by atoms with Gasteiger partial charge >= 0.3 is 0 Å². The summed E-state index contributed by atoms with van der Waals surface area (Å²) in [6.07, 6.45) is 9.60. The van der Waals surface area contributed by atoms with E-state index in [-0.39, 0.29) is 5.91 Å². The zero-order chi connectivity index (χ0) is 9.52. The molecule has 0 bridgehead atoms. The van der Waals surface area contributed by atoms with Crippen molar-refractivity contribution >= 4 is 5.91 Å². The fourth-order valence-electron chi connectivity index (χ4n) is 1.64. The standard InChI is InChI=1S/C11H19NO/c1-2-5-11(13)12-9-8-10-6-3-4-7-10/h3-4,10H,2,5-9H2,1H3,(H,12,13). The molecule has 0 aromatic rings. The third kappa shape index (κ3) is 4.11. The lowest BCUT2D eigenvalue weighted by atomic mass is 10.0. The Balaban J connectivity index is 1.97. The van der Waals surface area contributed by atoms with Crippen LogP contribution in [0.2, 0.25) is 0 Å². The van der Waals surface area contributed by atoms with Gasteiger partial charge in [0.15, 0.2) is 0 Å². The molecule has 0 fully saturated rings.